The van der Waals surface area contributed by atoms with Crippen molar-refractivity contribution in [2.45, 2.75) is 44.1 Å². The number of nitrogens with zero attached hydrogens (tertiary/aromatic N) is 1. The molecule has 0 spiro atoms. The highest BCUT2D eigenvalue weighted by Gasteiger charge is 2.39. The van der Waals surface area contributed by atoms with Crippen molar-refractivity contribution in [1.82, 2.24) is 10.2 Å². The Hall–Kier alpha value is -3.59. The van der Waals surface area contributed by atoms with E-state index >= 15 is 0 Å². The second-order valence-corrected chi connectivity index (χ2v) is 8.27. The van der Waals surface area contributed by atoms with Gasteiger partial charge in [-0.15, -0.1) is 0 Å². The summed E-state index contributed by atoms with van der Waals surface area (Å²) in [5.74, 6) is -0.759. The summed E-state index contributed by atoms with van der Waals surface area (Å²) >= 11 is 0. The Balaban J connectivity index is 1.44. The second kappa shape index (κ2) is 9.91. The summed E-state index contributed by atoms with van der Waals surface area (Å²) in [4.78, 5) is 38.2. The van der Waals surface area contributed by atoms with Crippen LogP contribution in [0.25, 0.3) is 0 Å². The molecule has 2 aromatic carbocycles. The summed E-state index contributed by atoms with van der Waals surface area (Å²) in [7, 11) is 1.71. The highest BCUT2D eigenvalue weighted by molar-refractivity contribution is 5.99. The van der Waals surface area contributed by atoms with Gasteiger partial charge in [-0.2, -0.15) is 0 Å². The molecule has 0 unspecified atom stereocenters. The third-order valence-electron chi connectivity index (χ3n) is 5.97. The Labute approximate surface area is 191 Å². The number of carboxylic acids is 1. The molecule has 3 atom stereocenters. The zero-order valence-electron chi connectivity index (χ0n) is 18.3. The van der Waals surface area contributed by atoms with E-state index in [-0.39, 0.29) is 31.0 Å². The highest BCUT2D eigenvalue weighted by Crippen LogP contribution is 2.32. The zero-order valence-corrected chi connectivity index (χ0v) is 18.3. The number of hydrogen-bond acceptors (Lipinski definition) is 5. The average molecular weight is 453 g/mol. The Morgan fingerprint density at radius 2 is 1.94 bits per heavy atom. The largest absolute Gasteiger partial charge is 0.490 e. The molecule has 0 aromatic heterocycles. The Morgan fingerprint density at radius 3 is 2.70 bits per heavy atom. The fourth-order valence-corrected chi connectivity index (χ4v) is 4.25. The van der Waals surface area contributed by atoms with Gasteiger partial charge in [-0.05, 0) is 36.6 Å². The number of likely N-dealkylation sites (N-methyl/N-ethyl adjacent to an activating group) is 1. The van der Waals surface area contributed by atoms with Crippen LogP contribution in [0.15, 0.2) is 48.5 Å². The van der Waals surface area contributed by atoms with Gasteiger partial charge in [0.25, 0.3) is 5.91 Å². The fourth-order valence-electron chi connectivity index (χ4n) is 4.25. The van der Waals surface area contributed by atoms with Crippen molar-refractivity contribution in [3.63, 3.8) is 0 Å². The molecule has 0 bridgehead atoms. The molecule has 0 radical (unpaired) electrons. The van der Waals surface area contributed by atoms with Crippen molar-refractivity contribution in [2.24, 2.45) is 0 Å². The Morgan fingerprint density at radius 1 is 1.15 bits per heavy atom. The molecule has 2 aliphatic rings. The van der Waals surface area contributed by atoms with Crippen LogP contribution in [0.4, 0.5) is 10.5 Å². The zero-order chi connectivity index (χ0) is 23.4. The third-order valence-corrected chi connectivity index (χ3v) is 5.97. The molecule has 9 heteroatoms. The number of benzene rings is 2. The number of carboxylic acid groups (broad SMARTS) is 1. The molecule has 33 heavy (non-hydrogen) atoms. The quantitative estimate of drug-likeness (QED) is 0.641. The van der Waals surface area contributed by atoms with Gasteiger partial charge in [0.1, 0.15) is 18.5 Å². The van der Waals surface area contributed by atoms with Gasteiger partial charge in [-0.25, -0.2) is 4.79 Å². The van der Waals surface area contributed by atoms with E-state index in [0.29, 0.717) is 36.4 Å². The number of urea groups is 1. The molecular weight excluding hydrogens is 426 g/mol. The molecule has 3 amide bonds. The number of anilines is 1. The van der Waals surface area contributed by atoms with Crippen LogP contribution in [0, 0.1) is 0 Å². The smallest absolute Gasteiger partial charge is 0.319 e. The minimum atomic E-state index is -0.909. The van der Waals surface area contributed by atoms with E-state index < -0.39 is 18.2 Å². The van der Waals surface area contributed by atoms with Gasteiger partial charge in [0.05, 0.1) is 24.1 Å². The van der Waals surface area contributed by atoms with Gasteiger partial charge < -0.3 is 30.1 Å². The first kappa shape index (κ1) is 22.6. The van der Waals surface area contributed by atoms with E-state index in [1.54, 1.807) is 30.1 Å². The van der Waals surface area contributed by atoms with Gasteiger partial charge in [-0.3, -0.25) is 9.59 Å². The van der Waals surface area contributed by atoms with Crippen molar-refractivity contribution in [2.75, 3.05) is 19.0 Å². The summed E-state index contributed by atoms with van der Waals surface area (Å²) in [6, 6.07) is 13.9. The molecule has 174 valence electrons. The SMILES string of the molecule is CN1C(=O)c2cc(NC(=O)NCc3ccccc3)ccc2OC[C@@H]2O[C@H](CC(=O)O)CC[C@H]21. The summed E-state index contributed by atoms with van der Waals surface area (Å²) in [5.41, 5.74) is 1.80. The lowest BCUT2D eigenvalue weighted by molar-refractivity contribution is -0.148. The van der Waals surface area contributed by atoms with E-state index in [1.165, 1.54) is 0 Å². The average Bonchev–Trinajstić information content (AvgIpc) is 2.81. The molecule has 0 aliphatic carbocycles. The third kappa shape index (κ3) is 5.43. The highest BCUT2D eigenvalue weighted by atomic mass is 16.5. The van der Waals surface area contributed by atoms with Crippen molar-refractivity contribution >= 4 is 23.6 Å². The van der Waals surface area contributed by atoms with Crippen LogP contribution in [0.2, 0.25) is 0 Å². The summed E-state index contributed by atoms with van der Waals surface area (Å²) in [6.45, 7) is 0.587. The number of amides is 3. The van der Waals surface area contributed by atoms with Crippen LogP contribution in [-0.4, -0.2) is 59.8 Å². The number of carbonyl (C=O) groups is 3. The normalized spacial score (nSPS) is 22.2. The maximum atomic E-state index is 13.2. The number of rotatable bonds is 5. The van der Waals surface area contributed by atoms with Gasteiger partial charge in [0.15, 0.2) is 0 Å². The maximum absolute atomic E-state index is 13.2. The van der Waals surface area contributed by atoms with Crippen LogP contribution in [0.1, 0.15) is 35.2 Å². The summed E-state index contributed by atoms with van der Waals surface area (Å²) < 4.78 is 11.8. The Kier molecular flexibility index (Phi) is 6.79. The molecule has 2 aliphatic heterocycles. The lowest BCUT2D eigenvalue weighted by atomic mass is 9.94. The summed E-state index contributed by atoms with van der Waals surface area (Å²) in [6.07, 6.45) is 0.311. The van der Waals surface area contributed by atoms with Crippen molar-refractivity contribution in [3.05, 3.63) is 59.7 Å². The number of carbonyl (C=O) groups excluding carboxylic acids is 2. The monoisotopic (exact) mass is 453 g/mol. The maximum Gasteiger partial charge on any atom is 0.319 e. The van der Waals surface area contributed by atoms with E-state index in [4.69, 9.17) is 14.6 Å². The topological polar surface area (TPSA) is 117 Å². The van der Waals surface area contributed by atoms with Gasteiger partial charge in [-0.1, -0.05) is 30.3 Å². The number of fused-ring (bicyclic) bond motifs is 2. The van der Waals surface area contributed by atoms with Crippen LogP contribution in [-0.2, 0) is 16.1 Å². The number of ether oxygens (including phenoxy) is 2. The second-order valence-electron chi connectivity index (χ2n) is 8.27. The minimum Gasteiger partial charge on any atom is -0.490 e. The first-order valence-corrected chi connectivity index (χ1v) is 10.9. The lowest BCUT2D eigenvalue weighted by Crippen LogP contribution is -2.53. The predicted octanol–water partition coefficient (Wildman–Crippen LogP) is 2.86. The fraction of sp³-hybridized carbons (Fsp3) is 0.375. The molecule has 3 N–H and O–H groups in total. The van der Waals surface area contributed by atoms with Gasteiger partial charge in [0, 0.05) is 19.3 Å². The molecule has 1 saturated heterocycles. The predicted molar refractivity (Wildman–Crippen MR) is 120 cm³/mol. The minimum absolute atomic E-state index is 0.0706. The lowest BCUT2D eigenvalue weighted by Gasteiger charge is -2.42. The van der Waals surface area contributed by atoms with Crippen LogP contribution >= 0.6 is 0 Å². The van der Waals surface area contributed by atoms with Crippen LogP contribution < -0.4 is 15.4 Å². The standard InChI is InChI=1S/C24H27N3O6/c1-27-19-9-8-17(12-22(28)29)33-21(19)14-32-20-10-7-16(11-18(20)23(27)30)26-24(31)25-13-15-5-3-2-4-6-15/h2-7,10-11,17,19,21H,8-9,12-14H2,1H3,(H,28,29)(H2,25,26,31)/t17-,19+,21-/m0/s1. The molecule has 9 nitrogen and oxygen atoms in total. The number of nitrogens with one attached hydrogen (secondary N) is 2. The molecule has 2 aromatic rings. The Bertz CT molecular complexity index is 1030. The van der Waals surface area contributed by atoms with Crippen LogP contribution in [0.5, 0.6) is 5.75 Å². The van der Waals surface area contributed by atoms with Crippen molar-refractivity contribution in [1.29, 1.82) is 0 Å². The molecule has 2 heterocycles. The van der Waals surface area contributed by atoms with Crippen molar-refractivity contribution in [3.8, 4) is 5.75 Å². The first-order valence-electron chi connectivity index (χ1n) is 10.9. The van der Waals surface area contributed by atoms with E-state index in [9.17, 15) is 14.4 Å². The number of aliphatic carboxylic acids is 1. The summed E-state index contributed by atoms with van der Waals surface area (Å²) in [5, 5.41) is 14.6. The van der Waals surface area contributed by atoms with Crippen LogP contribution in [0.3, 0.4) is 0 Å². The van der Waals surface area contributed by atoms with E-state index in [0.717, 1.165) is 5.56 Å². The molecule has 4 rings (SSSR count). The molecule has 1 fully saturated rings. The van der Waals surface area contributed by atoms with E-state index in [2.05, 4.69) is 10.6 Å². The molecule has 0 saturated carbocycles. The number of hydrogen-bond donors (Lipinski definition) is 3. The van der Waals surface area contributed by atoms with E-state index in [1.807, 2.05) is 30.3 Å². The van der Waals surface area contributed by atoms with Gasteiger partial charge in [0.2, 0.25) is 0 Å². The molecular formula is C24H27N3O6. The first-order chi connectivity index (χ1) is 15.9. The van der Waals surface area contributed by atoms with Crippen molar-refractivity contribution < 1.29 is 29.0 Å². The van der Waals surface area contributed by atoms with Gasteiger partial charge >= 0.3 is 12.0 Å².